The standard InChI is InChI=1S/C21H31N3O3S/c25-21(17-28-16-18-12-14-20(15-13-18)24(26)27)23-22-19-10-8-6-4-2-1-3-5-7-9-11-19/h12-15H,1-11,16-17H2,(H,23,25). The molecule has 1 fully saturated rings. The average molecular weight is 406 g/mol. The third-order valence-corrected chi connectivity index (χ3v) is 5.92. The lowest BCUT2D eigenvalue weighted by atomic mass is 10.00. The number of nitro groups is 1. The second-order valence-electron chi connectivity index (χ2n) is 7.31. The smallest absolute Gasteiger partial charge is 0.269 e. The molecular formula is C21H31N3O3S. The van der Waals surface area contributed by atoms with Gasteiger partial charge in [-0.1, -0.05) is 57.1 Å². The van der Waals surface area contributed by atoms with Crippen LogP contribution in [0.25, 0.3) is 0 Å². The number of non-ortho nitro benzene ring substituents is 1. The summed E-state index contributed by atoms with van der Waals surface area (Å²) in [5.41, 5.74) is 4.88. The molecular weight excluding hydrogens is 374 g/mol. The molecule has 28 heavy (non-hydrogen) atoms. The van der Waals surface area contributed by atoms with Gasteiger partial charge in [0.1, 0.15) is 0 Å². The third-order valence-electron chi connectivity index (χ3n) is 4.92. The lowest BCUT2D eigenvalue weighted by Crippen LogP contribution is -2.21. The van der Waals surface area contributed by atoms with Gasteiger partial charge in [-0.25, -0.2) is 5.43 Å². The highest BCUT2D eigenvalue weighted by atomic mass is 32.2. The number of hydrogen-bond donors (Lipinski definition) is 1. The first kappa shape index (κ1) is 22.4. The molecule has 0 unspecified atom stereocenters. The van der Waals surface area contributed by atoms with Gasteiger partial charge in [0.2, 0.25) is 5.91 Å². The van der Waals surface area contributed by atoms with E-state index in [-0.39, 0.29) is 11.6 Å². The number of benzene rings is 1. The number of nitrogens with one attached hydrogen (secondary N) is 1. The van der Waals surface area contributed by atoms with Gasteiger partial charge in [-0.05, 0) is 31.2 Å². The molecule has 1 aliphatic carbocycles. The predicted octanol–water partition coefficient (Wildman–Crippen LogP) is 5.60. The highest BCUT2D eigenvalue weighted by molar-refractivity contribution is 7.99. The molecule has 0 radical (unpaired) electrons. The number of carbonyl (C=O) groups is 1. The van der Waals surface area contributed by atoms with Crippen molar-refractivity contribution in [2.75, 3.05) is 5.75 Å². The average Bonchev–Trinajstić information content (AvgIpc) is 2.68. The van der Waals surface area contributed by atoms with Gasteiger partial charge in [0, 0.05) is 23.6 Å². The second kappa shape index (κ2) is 13.3. The Morgan fingerprint density at radius 2 is 1.50 bits per heavy atom. The van der Waals surface area contributed by atoms with Crippen LogP contribution in [0.2, 0.25) is 0 Å². The van der Waals surface area contributed by atoms with Crippen molar-refractivity contribution < 1.29 is 9.72 Å². The van der Waals surface area contributed by atoms with Crippen LogP contribution in [0.5, 0.6) is 0 Å². The van der Waals surface area contributed by atoms with Crippen LogP contribution in [0.15, 0.2) is 29.4 Å². The molecule has 0 aliphatic heterocycles. The van der Waals surface area contributed by atoms with Gasteiger partial charge < -0.3 is 0 Å². The van der Waals surface area contributed by atoms with E-state index < -0.39 is 4.92 Å². The molecule has 0 heterocycles. The number of nitro benzene ring substituents is 1. The van der Waals surface area contributed by atoms with Crippen molar-refractivity contribution in [2.45, 2.75) is 76.4 Å². The van der Waals surface area contributed by atoms with Gasteiger partial charge >= 0.3 is 0 Å². The molecule has 0 atom stereocenters. The van der Waals surface area contributed by atoms with Crippen molar-refractivity contribution in [2.24, 2.45) is 5.10 Å². The predicted molar refractivity (Wildman–Crippen MR) is 116 cm³/mol. The van der Waals surface area contributed by atoms with Gasteiger partial charge in [-0.3, -0.25) is 14.9 Å². The summed E-state index contributed by atoms with van der Waals surface area (Å²) in [5.74, 6) is 0.876. The minimum atomic E-state index is -0.411. The summed E-state index contributed by atoms with van der Waals surface area (Å²) in [4.78, 5) is 22.3. The molecule has 1 aliphatic rings. The highest BCUT2D eigenvalue weighted by Crippen LogP contribution is 2.17. The minimum absolute atomic E-state index is 0.0827. The maximum Gasteiger partial charge on any atom is 0.269 e. The van der Waals surface area contributed by atoms with Crippen molar-refractivity contribution in [3.8, 4) is 0 Å². The first-order valence-corrected chi connectivity index (χ1v) is 11.5. The summed E-state index contributed by atoms with van der Waals surface area (Å²) in [5, 5.41) is 15.1. The molecule has 0 aromatic heterocycles. The topological polar surface area (TPSA) is 84.6 Å². The Balaban J connectivity index is 1.71. The Morgan fingerprint density at radius 1 is 0.964 bits per heavy atom. The first-order valence-electron chi connectivity index (χ1n) is 10.3. The van der Waals surface area contributed by atoms with Crippen molar-refractivity contribution in [3.05, 3.63) is 39.9 Å². The zero-order chi connectivity index (χ0) is 20.0. The molecule has 1 saturated carbocycles. The van der Waals surface area contributed by atoms with E-state index in [4.69, 9.17) is 0 Å². The molecule has 154 valence electrons. The van der Waals surface area contributed by atoms with Crippen molar-refractivity contribution >= 4 is 29.1 Å². The van der Waals surface area contributed by atoms with Gasteiger partial charge in [0.25, 0.3) is 5.69 Å². The molecule has 0 bridgehead atoms. The minimum Gasteiger partial charge on any atom is -0.272 e. The summed E-state index contributed by atoms with van der Waals surface area (Å²) in [6.07, 6.45) is 13.4. The third kappa shape index (κ3) is 9.35. The van der Waals surface area contributed by atoms with Gasteiger partial charge in [-0.15, -0.1) is 11.8 Å². The number of hydrazone groups is 1. The largest absolute Gasteiger partial charge is 0.272 e. The lowest BCUT2D eigenvalue weighted by molar-refractivity contribution is -0.384. The fourth-order valence-electron chi connectivity index (χ4n) is 3.28. The molecule has 0 saturated heterocycles. The number of nitrogens with zero attached hydrogens (tertiary/aromatic N) is 2. The number of hydrogen-bond acceptors (Lipinski definition) is 5. The van der Waals surface area contributed by atoms with E-state index in [9.17, 15) is 14.9 Å². The summed E-state index contributed by atoms with van der Waals surface area (Å²) < 4.78 is 0. The molecule has 1 aromatic rings. The van der Waals surface area contributed by atoms with Crippen LogP contribution < -0.4 is 5.43 Å². The normalized spacial score (nSPS) is 16.5. The van der Waals surface area contributed by atoms with E-state index in [1.54, 1.807) is 12.1 Å². The van der Waals surface area contributed by atoms with Crippen LogP contribution in [0.3, 0.4) is 0 Å². The van der Waals surface area contributed by atoms with Crippen LogP contribution in [-0.2, 0) is 10.5 Å². The van der Waals surface area contributed by atoms with E-state index in [0.717, 1.165) is 37.0 Å². The Hall–Kier alpha value is -1.89. The summed E-state index contributed by atoms with van der Waals surface area (Å²) in [7, 11) is 0. The molecule has 7 heteroatoms. The highest BCUT2D eigenvalue weighted by Gasteiger charge is 2.07. The molecule has 1 N–H and O–H groups in total. The fourth-order valence-corrected chi connectivity index (χ4v) is 4.06. The number of rotatable bonds is 6. The van der Waals surface area contributed by atoms with Crippen LogP contribution in [0.1, 0.15) is 76.2 Å². The zero-order valence-electron chi connectivity index (χ0n) is 16.5. The summed E-state index contributed by atoms with van der Waals surface area (Å²) >= 11 is 1.48. The van der Waals surface area contributed by atoms with Crippen LogP contribution in [-0.4, -0.2) is 22.3 Å². The summed E-state index contributed by atoms with van der Waals surface area (Å²) in [6.45, 7) is 0. The Kier molecular flexibility index (Phi) is 10.7. The van der Waals surface area contributed by atoms with E-state index in [0.29, 0.717) is 11.5 Å². The number of thioether (sulfide) groups is 1. The molecule has 1 aromatic carbocycles. The van der Waals surface area contributed by atoms with Crippen molar-refractivity contribution in [3.63, 3.8) is 0 Å². The number of carbonyl (C=O) groups excluding carboxylic acids is 1. The van der Waals surface area contributed by atoms with Crippen molar-refractivity contribution in [1.29, 1.82) is 0 Å². The number of amides is 1. The Labute approximate surface area is 171 Å². The zero-order valence-corrected chi connectivity index (χ0v) is 17.3. The van der Waals surface area contributed by atoms with Crippen LogP contribution in [0.4, 0.5) is 5.69 Å². The molecule has 2 rings (SSSR count). The lowest BCUT2D eigenvalue weighted by Gasteiger charge is -2.09. The van der Waals surface area contributed by atoms with E-state index in [2.05, 4.69) is 10.5 Å². The van der Waals surface area contributed by atoms with Crippen molar-refractivity contribution in [1.82, 2.24) is 5.43 Å². The maximum atomic E-state index is 12.1. The van der Waals surface area contributed by atoms with E-state index in [1.807, 2.05) is 0 Å². The molecule has 6 nitrogen and oxygen atoms in total. The van der Waals surface area contributed by atoms with E-state index in [1.165, 1.54) is 68.8 Å². The second-order valence-corrected chi connectivity index (χ2v) is 8.30. The van der Waals surface area contributed by atoms with Gasteiger partial charge in [0.05, 0.1) is 10.7 Å². The Bertz CT molecular complexity index is 633. The van der Waals surface area contributed by atoms with Gasteiger partial charge in [-0.2, -0.15) is 5.10 Å². The summed E-state index contributed by atoms with van der Waals surface area (Å²) in [6, 6.07) is 6.44. The first-order chi connectivity index (χ1) is 13.6. The molecule has 0 spiro atoms. The SMILES string of the molecule is O=C(CSCc1ccc([N+](=O)[O-])cc1)NN=C1CCCCCCCCCCC1. The van der Waals surface area contributed by atoms with E-state index >= 15 is 0 Å². The van der Waals surface area contributed by atoms with Crippen LogP contribution in [0, 0.1) is 10.1 Å². The monoisotopic (exact) mass is 405 g/mol. The van der Waals surface area contributed by atoms with Crippen LogP contribution >= 0.6 is 11.8 Å². The fraction of sp³-hybridized carbons (Fsp3) is 0.619. The van der Waals surface area contributed by atoms with Gasteiger partial charge in [0.15, 0.2) is 0 Å². The quantitative estimate of drug-likeness (QED) is 0.493. The molecule has 1 amide bonds. The maximum absolute atomic E-state index is 12.1. The Morgan fingerprint density at radius 3 is 2.04 bits per heavy atom.